The van der Waals surface area contributed by atoms with Crippen LogP contribution in [-0.4, -0.2) is 42.9 Å². The fourth-order valence-electron chi connectivity index (χ4n) is 3.29. The van der Waals surface area contributed by atoms with Gasteiger partial charge in [0.15, 0.2) is 0 Å². The summed E-state index contributed by atoms with van der Waals surface area (Å²) in [6, 6.07) is 3.72. The van der Waals surface area contributed by atoms with Crippen molar-refractivity contribution in [3.05, 3.63) is 28.8 Å². The van der Waals surface area contributed by atoms with Crippen molar-refractivity contribution in [3.8, 4) is 5.75 Å². The van der Waals surface area contributed by atoms with E-state index in [9.17, 15) is 9.50 Å². The lowest BCUT2D eigenvalue weighted by Crippen LogP contribution is -2.45. The molecule has 1 aliphatic heterocycles. The molecular formula is C20H34ClFN2O. The van der Waals surface area contributed by atoms with Crippen LogP contribution in [0.3, 0.4) is 0 Å². The molecule has 1 aromatic carbocycles. The van der Waals surface area contributed by atoms with Crippen LogP contribution in [0.1, 0.15) is 64.3 Å². The molecule has 0 spiro atoms. The molecule has 1 aromatic rings. The number of hydrogen-bond acceptors (Lipinski definition) is 3. The monoisotopic (exact) mass is 372 g/mol. The predicted molar refractivity (Wildman–Crippen MR) is 106 cm³/mol. The summed E-state index contributed by atoms with van der Waals surface area (Å²) in [7, 11) is 0. The van der Waals surface area contributed by atoms with Crippen molar-refractivity contribution in [2.24, 2.45) is 0 Å². The third-order valence-electron chi connectivity index (χ3n) is 4.91. The summed E-state index contributed by atoms with van der Waals surface area (Å²) in [5.41, 5.74) is 2.54. The summed E-state index contributed by atoms with van der Waals surface area (Å²) in [6.07, 6.45) is 0. The van der Waals surface area contributed by atoms with Gasteiger partial charge in [-0.05, 0) is 28.0 Å². The number of nitrogens with zero attached hydrogens (tertiary/aromatic N) is 1. The molecule has 0 amide bonds. The number of benzene rings is 1. The van der Waals surface area contributed by atoms with Crippen LogP contribution in [0.2, 0.25) is 0 Å². The zero-order valence-electron chi connectivity index (χ0n) is 16.4. The lowest BCUT2D eigenvalue weighted by molar-refractivity contribution is 0.145. The van der Waals surface area contributed by atoms with Crippen molar-refractivity contribution in [1.29, 1.82) is 0 Å². The van der Waals surface area contributed by atoms with E-state index in [1.54, 1.807) is 0 Å². The largest absolute Gasteiger partial charge is 0.507 e. The first-order valence-electron chi connectivity index (χ1n) is 8.94. The van der Waals surface area contributed by atoms with E-state index in [4.69, 9.17) is 0 Å². The summed E-state index contributed by atoms with van der Waals surface area (Å²) >= 11 is 0. The highest BCUT2D eigenvalue weighted by Crippen LogP contribution is 2.41. The van der Waals surface area contributed by atoms with Gasteiger partial charge in [0.25, 0.3) is 0 Å². The first-order valence-corrected chi connectivity index (χ1v) is 8.94. The zero-order chi connectivity index (χ0) is 18.1. The van der Waals surface area contributed by atoms with Crippen molar-refractivity contribution in [1.82, 2.24) is 10.2 Å². The maximum atomic E-state index is 14.0. The number of nitrogens with one attached hydrogen (secondary N) is 1. The maximum absolute atomic E-state index is 14.0. The van der Waals surface area contributed by atoms with Gasteiger partial charge in [-0.2, -0.15) is 0 Å². The van der Waals surface area contributed by atoms with Gasteiger partial charge in [0.2, 0.25) is 0 Å². The van der Waals surface area contributed by atoms with Crippen molar-refractivity contribution in [2.75, 3.05) is 32.9 Å². The molecule has 0 radical (unpaired) electrons. The number of phenolic OH excluding ortho intramolecular Hbond substituents is 1. The molecule has 0 aromatic heterocycles. The predicted octanol–water partition coefficient (Wildman–Crippen LogP) is 4.32. The van der Waals surface area contributed by atoms with E-state index in [0.717, 1.165) is 42.9 Å². The van der Waals surface area contributed by atoms with Gasteiger partial charge < -0.3 is 10.4 Å². The highest BCUT2D eigenvalue weighted by molar-refractivity contribution is 5.85. The van der Waals surface area contributed by atoms with Crippen LogP contribution in [0.15, 0.2) is 12.1 Å². The van der Waals surface area contributed by atoms with Gasteiger partial charge in [-0.15, -0.1) is 12.4 Å². The van der Waals surface area contributed by atoms with E-state index >= 15 is 0 Å². The Morgan fingerprint density at radius 3 is 2.08 bits per heavy atom. The number of alkyl halides is 1. The first-order chi connectivity index (χ1) is 11.1. The second-order valence-corrected chi connectivity index (χ2v) is 8.92. The Labute approximate surface area is 158 Å². The van der Waals surface area contributed by atoms with Crippen molar-refractivity contribution in [3.63, 3.8) is 0 Å². The average molecular weight is 373 g/mol. The van der Waals surface area contributed by atoms with Crippen LogP contribution in [-0.2, 0) is 10.8 Å². The molecule has 144 valence electrons. The number of aromatic hydroxyl groups is 1. The van der Waals surface area contributed by atoms with Crippen LogP contribution in [0, 0.1) is 0 Å². The average Bonchev–Trinajstić information content (AvgIpc) is 2.48. The summed E-state index contributed by atoms with van der Waals surface area (Å²) < 4.78 is 14.0. The topological polar surface area (TPSA) is 35.5 Å². The minimum absolute atomic E-state index is 0. The zero-order valence-corrected chi connectivity index (χ0v) is 17.3. The molecule has 3 nitrogen and oxygen atoms in total. The van der Waals surface area contributed by atoms with Gasteiger partial charge >= 0.3 is 0 Å². The normalized spacial score (nSPS) is 17.9. The fraction of sp³-hybridized carbons (Fsp3) is 0.700. The van der Waals surface area contributed by atoms with Crippen LogP contribution in [0.4, 0.5) is 4.39 Å². The highest BCUT2D eigenvalue weighted by Gasteiger charge is 2.30. The summed E-state index contributed by atoms with van der Waals surface area (Å²) in [6.45, 7) is 15.6. The number of rotatable bonds is 3. The Kier molecular flexibility index (Phi) is 7.31. The molecule has 0 bridgehead atoms. The van der Waals surface area contributed by atoms with E-state index in [0.29, 0.717) is 0 Å². The number of halogens is 2. The molecule has 1 atom stereocenters. The van der Waals surface area contributed by atoms with Crippen molar-refractivity contribution < 1.29 is 9.50 Å². The SMILES string of the molecule is CC(C)(C)c1cc([C@H](CF)N2CCNCC2)c(O)c(C(C)(C)C)c1.Cl. The molecule has 2 rings (SSSR count). The van der Waals surface area contributed by atoms with Gasteiger partial charge in [-0.25, -0.2) is 4.39 Å². The number of hydrogen-bond donors (Lipinski definition) is 2. The van der Waals surface area contributed by atoms with Crippen LogP contribution in [0.25, 0.3) is 0 Å². The molecule has 0 aliphatic carbocycles. The molecule has 5 heteroatoms. The summed E-state index contributed by atoms with van der Waals surface area (Å²) in [4.78, 5) is 2.14. The molecule has 25 heavy (non-hydrogen) atoms. The second-order valence-electron chi connectivity index (χ2n) is 8.92. The Morgan fingerprint density at radius 1 is 1.08 bits per heavy atom. The quantitative estimate of drug-likeness (QED) is 0.829. The molecule has 1 aliphatic rings. The molecule has 1 saturated heterocycles. The van der Waals surface area contributed by atoms with Gasteiger partial charge in [-0.3, -0.25) is 4.90 Å². The third-order valence-corrected chi connectivity index (χ3v) is 4.91. The lowest BCUT2D eigenvalue weighted by atomic mass is 9.78. The molecule has 2 N–H and O–H groups in total. The van der Waals surface area contributed by atoms with Gasteiger partial charge in [0, 0.05) is 31.7 Å². The molecular weight excluding hydrogens is 339 g/mol. The highest BCUT2D eigenvalue weighted by atomic mass is 35.5. The van der Waals surface area contributed by atoms with E-state index in [2.05, 4.69) is 57.8 Å². The van der Waals surface area contributed by atoms with Gasteiger partial charge in [0.1, 0.15) is 12.4 Å². The van der Waals surface area contributed by atoms with Crippen LogP contribution in [0.5, 0.6) is 5.75 Å². The summed E-state index contributed by atoms with van der Waals surface area (Å²) in [5, 5.41) is 14.2. The Morgan fingerprint density at radius 2 is 1.64 bits per heavy atom. The Bertz CT molecular complexity index is 572. The minimum atomic E-state index is -0.481. The number of phenols is 1. The van der Waals surface area contributed by atoms with Gasteiger partial charge in [0.05, 0.1) is 6.04 Å². The Hall–Kier alpha value is -0.840. The number of piperazine rings is 1. The van der Waals surface area contributed by atoms with Crippen molar-refractivity contribution in [2.45, 2.75) is 58.4 Å². The fourth-order valence-corrected chi connectivity index (χ4v) is 3.29. The third kappa shape index (κ3) is 5.08. The van der Waals surface area contributed by atoms with Crippen LogP contribution < -0.4 is 5.32 Å². The summed E-state index contributed by atoms with van der Waals surface area (Å²) in [5.74, 6) is 0.261. The van der Waals surface area contributed by atoms with E-state index < -0.39 is 6.67 Å². The van der Waals surface area contributed by atoms with E-state index in [-0.39, 0.29) is 35.0 Å². The standard InChI is InChI=1S/C20H33FN2O.ClH/c1-19(2,3)14-11-15(18(24)16(12-14)20(4,5)6)17(13-21)23-9-7-22-8-10-23;/h11-12,17,22,24H,7-10,13H2,1-6H3;1H/t17-;/m0./s1. The van der Waals surface area contributed by atoms with E-state index in [1.807, 2.05) is 6.07 Å². The molecule has 1 heterocycles. The lowest BCUT2D eigenvalue weighted by Gasteiger charge is -2.36. The minimum Gasteiger partial charge on any atom is -0.507 e. The molecule has 0 saturated carbocycles. The Balaban J connectivity index is 0.00000312. The first kappa shape index (κ1) is 22.2. The maximum Gasteiger partial charge on any atom is 0.124 e. The molecule has 0 unspecified atom stereocenters. The van der Waals surface area contributed by atoms with Gasteiger partial charge in [-0.1, -0.05) is 47.6 Å². The second kappa shape index (κ2) is 8.24. The molecule has 1 fully saturated rings. The smallest absolute Gasteiger partial charge is 0.124 e. The van der Waals surface area contributed by atoms with Crippen molar-refractivity contribution >= 4 is 12.4 Å². The van der Waals surface area contributed by atoms with E-state index in [1.165, 1.54) is 0 Å². The van der Waals surface area contributed by atoms with Crippen LogP contribution >= 0.6 is 12.4 Å².